The van der Waals surface area contributed by atoms with Crippen LogP contribution in [-0.4, -0.2) is 0 Å². The van der Waals surface area contributed by atoms with E-state index in [1.807, 2.05) is 0 Å². The molecule has 3 aliphatic rings. The molecule has 2 aromatic carbocycles. The Bertz CT molecular complexity index is 897. The second-order valence-electron chi connectivity index (χ2n) is 7.18. The fraction of sp³-hybridized carbons (Fsp3) is 0.250. The fourth-order valence-electron chi connectivity index (χ4n) is 4.62. The van der Waals surface area contributed by atoms with Crippen molar-refractivity contribution in [2.75, 3.05) is 0 Å². The zero-order valence-electron chi connectivity index (χ0n) is 14.0. The van der Waals surface area contributed by atoms with Crippen LogP contribution in [0.2, 0.25) is 0 Å². The average molecular weight is 310 g/mol. The molecular formula is C24H22. The van der Waals surface area contributed by atoms with Crippen molar-refractivity contribution in [2.24, 2.45) is 0 Å². The third kappa shape index (κ3) is 2.13. The number of benzene rings is 2. The fourth-order valence-corrected chi connectivity index (χ4v) is 4.62. The molecule has 0 aliphatic heterocycles. The van der Waals surface area contributed by atoms with E-state index in [2.05, 4.69) is 60.7 Å². The lowest BCUT2D eigenvalue weighted by Crippen LogP contribution is -2.00. The second kappa shape index (κ2) is 5.63. The van der Waals surface area contributed by atoms with E-state index in [9.17, 15) is 0 Å². The van der Waals surface area contributed by atoms with Gasteiger partial charge in [0.1, 0.15) is 0 Å². The van der Waals surface area contributed by atoms with Crippen molar-refractivity contribution < 1.29 is 0 Å². The summed E-state index contributed by atoms with van der Waals surface area (Å²) in [6.07, 6.45) is 14.7. The lowest BCUT2D eigenvalue weighted by molar-refractivity contribution is 0.597. The van der Waals surface area contributed by atoms with Crippen molar-refractivity contribution in [3.63, 3.8) is 0 Å². The van der Waals surface area contributed by atoms with Gasteiger partial charge < -0.3 is 0 Å². The van der Waals surface area contributed by atoms with Gasteiger partial charge in [0.2, 0.25) is 0 Å². The molecule has 0 radical (unpaired) electrons. The molecule has 0 amide bonds. The summed E-state index contributed by atoms with van der Waals surface area (Å²) in [7, 11) is 0. The highest BCUT2D eigenvalue weighted by Crippen LogP contribution is 2.44. The maximum atomic E-state index is 2.34. The molecular weight excluding hydrogens is 288 g/mol. The average Bonchev–Trinajstić information content (AvgIpc) is 3.27. The summed E-state index contributed by atoms with van der Waals surface area (Å²) < 4.78 is 0. The molecule has 2 aromatic rings. The van der Waals surface area contributed by atoms with E-state index < -0.39 is 0 Å². The van der Waals surface area contributed by atoms with Gasteiger partial charge in [-0.2, -0.15) is 0 Å². The van der Waals surface area contributed by atoms with Crippen LogP contribution in [0.5, 0.6) is 0 Å². The van der Waals surface area contributed by atoms with Crippen molar-refractivity contribution in [2.45, 2.75) is 38.5 Å². The smallest absolute Gasteiger partial charge is 0.000728 e. The standard InChI is InChI=1S/C24H22/c1-2-8-17(9-3-1)19-12-6-13-21(19)23-15-7-14-22-20-11-5-4-10-18(20)16-24(22)23/h4-7,10-15H,1-3,8-9,16H2. The van der Waals surface area contributed by atoms with Crippen LogP contribution >= 0.6 is 0 Å². The van der Waals surface area contributed by atoms with Crippen LogP contribution in [0.3, 0.4) is 0 Å². The minimum Gasteiger partial charge on any atom is -0.0623 e. The van der Waals surface area contributed by atoms with Crippen molar-refractivity contribution in [1.29, 1.82) is 0 Å². The van der Waals surface area contributed by atoms with Crippen LogP contribution < -0.4 is 0 Å². The first-order valence-electron chi connectivity index (χ1n) is 9.23. The third-order valence-corrected chi connectivity index (χ3v) is 5.79. The molecule has 0 N–H and O–H groups in total. The quantitative estimate of drug-likeness (QED) is 0.483. The molecule has 0 aromatic heterocycles. The molecule has 24 heavy (non-hydrogen) atoms. The highest BCUT2D eigenvalue weighted by atomic mass is 14.3. The first-order chi connectivity index (χ1) is 11.9. The van der Waals surface area contributed by atoms with E-state index in [-0.39, 0.29) is 0 Å². The summed E-state index contributed by atoms with van der Waals surface area (Å²) in [5, 5.41) is 0. The van der Waals surface area contributed by atoms with Gasteiger partial charge in [-0.15, -0.1) is 0 Å². The van der Waals surface area contributed by atoms with Gasteiger partial charge in [0.25, 0.3) is 0 Å². The third-order valence-electron chi connectivity index (χ3n) is 5.79. The summed E-state index contributed by atoms with van der Waals surface area (Å²) in [5.74, 6) is 0. The molecule has 5 rings (SSSR count). The SMILES string of the molecule is C1=CC(=C2CCCCC2)C(c2cccc3c2Cc2ccccc2-3)=C1. The van der Waals surface area contributed by atoms with Gasteiger partial charge in [-0.25, -0.2) is 0 Å². The minimum absolute atomic E-state index is 1.07. The van der Waals surface area contributed by atoms with E-state index in [1.54, 1.807) is 5.57 Å². The first-order valence-corrected chi connectivity index (χ1v) is 9.23. The highest BCUT2D eigenvalue weighted by Gasteiger charge is 2.24. The van der Waals surface area contributed by atoms with Crippen LogP contribution in [0.1, 0.15) is 48.8 Å². The lowest BCUT2D eigenvalue weighted by Gasteiger charge is -2.19. The minimum atomic E-state index is 1.07. The largest absolute Gasteiger partial charge is 0.0623 e. The molecule has 118 valence electrons. The molecule has 0 heteroatoms. The monoisotopic (exact) mass is 310 g/mol. The molecule has 1 saturated carbocycles. The van der Waals surface area contributed by atoms with Crippen LogP contribution in [0.15, 0.2) is 71.8 Å². The predicted octanol–water partition coefficient (Wildman–Crippen LogP) is 6.47. The summed E-state index contributed by atoms with van der Waals surface area (Å²) in [6.45, 7) is 0. The number of hydrogen-bond donors (Lipinski definition) is 0. The molecule has 0 spiro atoms. The van der Waals surface area contributed by atoms with Gasteiger partial charge in [0.15, 0.2) is 0 Å². The Balaban J connectivity index is 1.62. The molecule has 0 heterocycles. The second-order valence-corrected chi connectivity index (χ2v) is 7.18. The van der Waals surface area contributed by atoms with Gasteiger partial charge in [0, 0.05) is 0 Å². The van der Waals surface area contributed by atoms with Crippen molar-refractivity contribution in [3.8, 4) is 11.1 Å². The van der Waals surface area contributed by atoms with E-state index in [0.29, 0.717) is 0 Å². The molecule has 0 nitrogen and oxygen atoms in total. The molecule has 0 atom stereocenters. The molecule has 0 saturated heterocycles. The van der Waals surface area contributed by atoms with Crippen LogP contribution in [0.25, 0.3) is 16.7 Å². The Morgan fingerprint density at radius 1 is 0.708 bits per heavy atom. The molecule has 0 bridgehead atoms. The van der Waals surface area contributed by atoms with Crippen LogP contribution in [0.4, 0.5) is 0 Å². The van der Waals surface area contributed by atoms with Gasteiger partial charge in [0.05, 0.1) is 0 Å². The Labute approximate surface area is 144 Å². The summed E-state index contributed by atoms with van der Waals surface area (Å²) in [4.78, 5) is 0. The first kappa shape index (κ1) is 14.0. The topological polar surface area (TPSA) is 0 Å². The van der Waals surface area contributed by atoms with E-state index in [1.165, 1.54) is 71.1 Å². The Morgan fingerprint density at radius 3 is 2.42 bits per heavy atom. The lowest BCUT2D eigenvalue weighted by atomic mass is 9.85. The zero-order chi connectivity index (χ0) is 15.9. The van der Waals surface area contributed by atoms with Crippen molar-refractivity contribution in [1.82, 2.24) is 0 Å². The van der Waals surface area contributed by atoms with Gasteiger partial charge in [-0.3, -0.25) is 0 Å². The number of fused-ring (bicyclic) bond motifs is 3. The summed E-state index contributed by atoms with van der Waals surface area (Å²) in [6, 6.07) is 15.7. The van der Waals surface area contributed by atoms with E-state index >= 15 is 0 Å². The molecule has 1 fully saturated rings. The normalized spacial score (nSPS) is 18.6. The van der Waals surface area contributed by atoms with E-state index in [4.69, 9.17) is 0 Å². The molecule has 0 unspecified atom stereocenters. The predicted molar refractivity (Wildman–Crippen MR) is 102 cm³/mol. The summed E-state index contributed by atoms with van der Waals surface area (Å²) >= 11 is 0. The van der Waals surface area contributed by atoms with Crippen LogP contribution in [-0.2, 0) is 6.42 Å². The molecule has 3 aliphatic carbocycles. The Morgan fingerprint density at radius 2 is 1.50 bits per heavy atom. The highest BCUT2D eigenvalue weighted by molar-refractivity contribution is 5.92. The van der Waals surface area contributed by atoms with Gasteiger partial charge in [-0.05, 0) is 71.1 Å². The van der Waals surface area contributed by atoms with Gasteiger partial charge in [-0.1, -0.05) is 72.7 Å². The Hall–Kier alpha value is -2.34. The van der Waals surface area contributed by atoms with Crippen molar-refractivity contribution >= 4 is 5.57 Å². The maximum absolute atomic E-state index is 2.34. The number of hydrogen-bond acceptors (Lipinski definition) is 0. The van der Waals surface area contributed by atoms with Gasteiger partial charge >= 0.3 is 0 Å². The Kier molecular flexibility index (Phi) is 3.29. The number of allylic oxidation sites excluding steroid dienone is 6. The number of rotatable bonds is 1. The van der Waals surface area contributed by atoms with Crippen molar-refractivity contribution in [3.05, 3.63) is 88.5 Å². The summed E-state index contributed by atoms with van der Waals surface area (Å²) in [5.41, 5.74) is 11.9. The van der Waals surface area contributed by atoms with Crippen LogP contribution in [0, 0.1) is 0 Å². The maximum Gasteiger partial charge on any atom is -0.000728 e. The zero-order valence-corrected chi connectivity index (χ0v) is 14.0. The van der Waals surface area contributed by atoms with E-state index in [0.717, 1.165) is 6.42 Å².